The van der Waals surface area contributed by atoms with Crippen molar-refractivity contribution in [3.05, 3.63) is 0 Å². The maximum absolute atomic E-state index is 13.6. The zero-order chi connectivity index (χ0) is 28.0. The van der Waals surface area contributed by atoms with Crippen LogP contribution in [0.1, 0.15) is 139 Å². The first-order valence-corrected chi connectivity index (χ1v) is 15.7. The van der Waals surface area contributed by atoms with Gasteiger partial charge in [0.15, 0.2) is 0 Å². The molecular formula is C33H58O4. The fourth-order valence-electron chi connectivity index (χ4n) is 8.88. The first-order valence-electron chi connectivity index (χ1n) is 15.7. The third-order valence-electron chi connectivity index (χ3n) is 10.7. The summed E-state index contributed by atoms with van der Waals surface area (Å²) in [4.78, 5) is 37.0. The molecule has 0 heterocycles. The van der Waals surface area contributed by atoms with E-state index in [9.17, 15) is 14.4 Å². The Bertz CT molecular complexity index is 774. The molecule has 0 aromatic rings. The van der Waals surface area contributed by atoms with Crippen LogP contribution in [0.5, 0.6) is 0 Å². The molecule has 214 valence electrons. The number of carbonyl (C=O) groups is 3. The van der Waals surface area contributed by atoms with Gasteiger partial charge in [0.1, 0.15) is 17.7 Å². The normalized spacial score (nSPS) is 38.9. The van der Waals surface area contributed by atoms with E-state index in [1.165, 1.54) is 25.7 Å². The number of Topliss-reactive ketones (excluding diaryl/α,β-unsaturated/α-hetero) is 2. The van der Waals surface area contributed by atoms with Gasteiger partial charge in [-0.1, -0.05) is 61.8 Å². The molecule has 4 fully saturated rings. The van der Waals surface area contributed by atoms with E-state index in [1.807, 2.05) is 20.8 Å². The molecule has 0 aromatic carbocycles. The summed E-state index contributed by atoms with van der Waals surface area (Å²) in [7, 11) is 0. The second-order valence-corrected chi connectivity index (χ2v) is 13.0. The summed E-state index contributed by atoms with van der Waals surface area (Å²) in [5, 5.41) is 0. The molecule has 9 atom stereocenters. The lowest BCUT2D eigenvalue weighted by Crippen LogP contribution is -2.57. The summed E-state index contributed by atoms with van der Waals surface area (Å²) in [6.07, 6.45) is 11.7. The minimum atomic E-state index is -0.108. The van der Waals surface area contributed by atoms with Crippen molar-refractivity contribution in [3.8, 4) is 0 Å². The fraction of sp³-hybridized carbons (Fsp3) is 0.909. The largest absolute Gasteiger partial charge is 0.462 e. The minimum absolute atomic E-state index is 0.00304. The maximum Gasteiger partial charge on any atom is 0.305 e. The molecule has 0 spiro atoms. The van der Waals surface area contributed by atoms with Crippen LogP contribution in [0.3, 0.4) is 0 Å². The van der Waals surface area contributed by atoms with Crippen molar-refractivity contribution in [2.75, 3.05) is 0 Å². The van der Waals surface area contributed by atoms with Gasteiger partial charge in [-0.3, -0.25) is 9.59 Å². The Kier molecular flexibility index (Phi) is 11.9. The summed E-state index contributed by atoms with van der Waals surface area (Å²) in [5.74, 6) is 3.43. The molecule has 0 bridgehead atoms. The van der Waals surface area contributed by atoms with Crippen molar-refractivity contribution in [1.82, 2.24) is 0 Å². The molecule has 4 saturated carbocycles. The first-order chi connectivity index (χ1) is 17.5. The lowest BCUT2D eigenvalue weighted by atomic mass is 9.44. The predicted octanol–water partition coefficient (Wildman–Crippen LogP) is 8.59. The number of ether oxygens (including phenoxy) is 1. The van der Waals surface area contributed by atoms with Crippen molar-refractivity contribution in [2.24, 2.45) is 46.3 Å². The van der Waals surface area contributed by atoms with Crippen LogP contribution in [0.15, 0.2) is 0 Å². The van der Waals surface area contributed by atoms with E-state index in [0.29, 0.717) is 60.4 Å². The summed E-state index contributed by atoms with van der Waals surface area (Å²) in [6.45, 7) is 19.1. The summed E-state index contributed by atoms with van der Waals surface area (Å²) >= 11 is 0. The van der Waals surface area contributed by atoms with E-state index in [4.69, 9.17) is 4.74 Å². The SMILES string of the molecule is CC.CCC.CCC(=O)OC1CCC2(C)C(CC(=O)C3C2CCC2(C)C(C(C)CCC(C)=O)CCC32)C1. The molecule has 4 rings (SSSR count). The maximum atomic E-state index is 13.6. The van der Waals surface area contributed by atoms with Crippen LogP contribution < -0.4 is 0 Å². The third-order valence-corrected chi connectivity index (χ3v) is 10.7. The second kappa shape index (κ2) is 13.7. The number of hydrogen-bond donors (Lipinski definition) is 0. The monoisotopic (exact) mass is 518 g/mol. The van der Waals surface area contributed by atoms with Crippen LogP contribution in [0, 0.1) is 46.3 Å². The number of carbonyl (C=O) groups excluding carboxylic acids is 3. The van der Waals surface area contributed by atoms with Crippen molar-refractivity contribution in [1.29, 1.82) is 0 Å². The zero-order valence-corrected chi connectivity index (χ0v) is 25.7. The lowest BCUT2D eigenvalue weighted by molar-refractivity contribution is -0.168. The van der Waals surface area contributed by atoms with Crippen LogP contribution in [0.4, 0.5) is 0 Å². The highest BCUT2D eigenvalue weighted by molar-refractivity contribution is 5.83. The Morgan fingerprint density at radius 3 is 2.16 bits per heavy atom. The molecule has 4 aliphatic rings. The molecule has 37 heavy (non-hydrogen) atoms. The van der Waals surface area contributed by atoms with Crippen LogP contribution in [-0.2, 0) is 19.1 Å². The van der Waals surface area contributed by atoms with Gasteiger partial charge >= 0.3 is 5.97 Å². The highest BCUT2D eigenvalue weighted by Gasteiger charge is 2.63. The number of ketones is 2. The van der Waals surface area contributed by atoms with E-state index in [-0.39, 0.29) is 28.8 Å². The highest BCUT2D eigenvalue weighted by atomic mass is 16.5. The van der Waals surface area contributed by atoms with E-state index >= 15 is 0 Å². The van der Waals surface area contributed by atoms with Gasteiger partial charge in [0, 0.05) is 25.2 Å². The van der Waals surface area contributed by atoms with Crippen molar-refractivity contribution < 1.29 is 19.1 Å². The minimum Gasteiger partial charge on any atom is -0.462 e. The number of rotatable bonds is 6. The highest BCUT2D eigenvalue weighted by Crippen LogP contribution is 2.67. The fourth-order valence-corrected chi connectivity index (χ4v) is 8.88. The van der Waals surface area contributed by atoms with Crippen molar-refractivity contribution in [3.63, 3.8) is 0 Å². The van der Waals surface area contributed by atoms with Crippen LogP contribution in [0.25, 0.3) is 0 Å². The molecule has 0 aliphatic heterocycles. The van der Waals surface area contributed by atoms with Gasteiger partial charge in [-0.25, -0.2) is 0 Å². The molecule has 4 nitrogen and oxygen atoms in total. The molecule has 9 unspecified atom stereocenters. The summed E-state index contributed by atoms with van der Waals surface area (Å²) < 4.78 is 5.70. The molecule has 0 radical (unpaired) electrons. The van der Waals surface area contributed by atoms with Crippen LogP contribution in [-0.4, -0.2) is 23.6 Å². The van der Waals surface area contributed by atoms with Gasteiger partial charge in [0.2, 0.25) is 0 Å². The topological polar surface area (TPSA) is 60.4 Å². The zero-order valence-electron chi connectivity index (χ0n) is 25.7. The van der Waals surface area contributed by atoms with Crippen molar-refractivity contribution >= 4 is 17.5 Å². The Hall–Kier alpha value is -1.19. The quantitative estimate of drug-likeness (QED) is 0.330. The summed E-state index contributed by atoms with van der Waals surface area (Å²) in [6, 6.07) is 0. The van der Waals surface area contributed by atoms with Gasteiger partial charge in [0.05, 0.1) is 0 Å². The van der Waals surface area contributed by atoms with Crippen LogP contribution >= 0.6 is 0 Å². The molecular weight excluding hydrogens is 460 g/mol. The van der Waals surface area contributed by atoms with Gasteiger partial charge in [-0.05, 0) is 98.7 Å². The van der Waals surface area contributed by atoms with Crippen molar-refractivity contribution in [2.45, 2.75) is 145 Å². The Morgan fingerprint density at radius 2 is 1.57 bits per heavy atom. The Labute approximate surface area is 228 Å². The third kappa shape index (κ3) is 6.70. The van der Waals surface area contributed by atoms with E-state index < -0.39 is 0 Å². The Morgan fingerprint density at radius 1 is 0.973 bits per heavy atom. The predicted molar refractivity (Wildman–Crippen MR) is 152 cm³/mol. The standard InChI is InChI=1S/C28H44O4.C3H8.C2H6/c1-6-25(31)32-20-11-13-27(4)19(15-20)16-24(30)26-22-10-9-21(17(2)7-8-18(3)29)28(22,5)14-12-23(26)27;1-3-2;1-2/h17,19-23,26H,6-16H2,1-5H3;3H2,1-2H3;1-2H3. The van der Waals surface area contributed by atoms with Crippen LogP contribution in [0.2, 0.25) is 0 Å². The van der Waals surface area contributed by atoms with Gasteiger partial charge in [-0.15, -0.1) is 0 Å². The number of esters is 1. The molecule has 0 amide bonds. The van der Waals surface area contributed by atoms with E-state index in [2.05, 4.69) is 34.6 Å². The molecule has 0 N–H and O–H groups in total. The average molecular weight is 519 g/mol. The molecule has 4 heteroatoms. The average Bonchev–Trinajstić information content (AvgIpc) is 3.22. The van der Waals surface area contributed by atoms with Gasteiger partial charge in [0.25, 0.3) is 0 Å². The smallest absolute Gasteiger partial charge is 0.305 e. The number of hydrogen-bond acceptors (Lipinski definition) is 4. The Balaban J connectivity index is 0.000000898. The molecule has 0 saturated heterocycles. The lowest BCUT2D eigenvalue weighted by Gasteiger charge is -2.60. The molecule has 4 aliphatic carbocycles. The molecule has 0 aromatic heterocycles. The number of fused-ring (bicyclic) bond motifs is 5. The second-order valence-electron chi connectivity index (χ2n) is 13.0. The first kappa shape index (κ1) is 32.0. The van der Waals surface area contributed by atoms with Gasteiger partial charge < -0.3 is 9.53 Å². The van der Waals surface area contributed by atoms with E-state index in [0.717, 1.165) is 32.1 Å². The summed E-state index contributed by atoms with van der Waals surface area (Å²) in [5.41, 5.74) is 0.442. The van der Waals surface area contributed by atoms with E-state index in [1.54, 1.807) is 6.92 Å². The van der Waals surface area contributed by atoms with Gasteiger partial charge in [-0.2, -0.15) is 0 Å².